The molecule has 0 saturated carbocycles. The van der Waals surface area contributed by atoms with Gasteiger partial charge in [0.05, 0.1) is 6.61 Å². The molecule has 1 aromatic carbocycles. The van der Waals surface area contributed by atoms with Crippen LogP contribution in [0.25, 0.3) is 0 Å². The van der Waals surface area contributed by atoms with Gasteiger partial charge in [0.1, 0.15) is 11.9 Å². The van der Waals surface area contributed by atoms with Crippen molar-refractivity contribution in [2.45, 2.75) is 18.4 Å². The molecule has 4 heteroatoms. The molecule has 0 fully saturated rings. The molecule has 0 heterocycles. The van der Waals surface area contributed by atoms with Crippen LogP contribution in [0.4, 0.5) is 0 Å². The highest BCUT2D eigenvalue weighted by Gasteiger charge is 2.08. The van der Waals surface area contributed by atoms with Gasteiger partial charge in [-0.05, 0) is 25.1 Å². The summed E-state index contributed by atoms with van der Waals surface area (Å²) < 4.78 is 10.7. The molecule has 15 heavy (non-hydrogen) atoms. The molecule has 1 atom stereocenters. The number of rotatable bonds is 5. The number of methoxy groups -OCH3 is 1. The van der Waals surface area contributed by atoms with Gasteiger partial charge in [-0.2, -0.15) is 0 Å². The molecule has 0 aromatic heterocycles. The van der Waals surface area contributed by atoms with E-state index in [2.05, 4.69) is 15.9 Å². The van der Waals surface area contributed by atoms with Crippen LogP contribution in [0.3, 0.4) is 0 Å². The summed E-state index contributed by atoms with van der Waals surface area (Å²) in [6.07, 6.45) is 0.0361. The van der Waals surface area contributed by atoms with E-state index in [1.807, 2.05) is 25.1 Å². The number of hydrogen-bond donors (Lipinski definition) is 0. The Morgan fingerprint density at radius 2 is 2.20 bits per heavy atom. The number of benzene rings is 1. The lowest BCUT2D eigenvalue weighted by Crippen LogP contribution is -2.18. The van der Waals surface area contributed by atoms with E-state index in [1.165, 1.54) is 0 Å². The molecule has 0 N–H and O–H groups in total. The summed E-state index contributed by atoms with van der Waals surface area (Å²) >= 11 is 9.29. The van der Waals surface area contributed by atoms with Crippen molar-refractivity contribution in [3.63, 3.8) is 0 Å². The summed E-state index contributed by atoms with van der Waals surface area (Å²) in [6, 6.07) is 5.60. The summed E-state index contributed by atoms with van der Waals surface area (Å²) in [7, 11) is 1.66. The fourth-order valence-corrected chi connectivity index (χ4v) is 1.89. The molecule has 0 bridgehead atoms. The van der Waals surface area contributed by atoms with Gasteiger partial charge >= 0.3 is 0 Å². The first-order chi connectivity index (χ1) is 7.17. The average molecular weight is 294 g/mol. The highest BCUT2D eigenvalue weighted by molar-refractivity contribution is 9.08. The summed E-state index contributed by atoms with van der Waals surface area (Å²) in [4.78, 5) is 0. The average Bonchev–Trinajstić information content (AvgIpc) is 2.21. The van der Waals surface area contributed by atoms with Crippen LogP contribution in [0, 0.1) is 0 Å². The van der Waals surface area contributed by atoms with E-state index in [-0.39, 0.29) is 6.10 Å². The van der Waals surface area contributed by atoms with E-state index >= 15 is 0 Å². The zero-order valence-electron chi connectivity index (χ0n) is 8.80. The number of alkyl halides is 1. The quantitative estimate of drug-likeness (QED) is 0.772. The Kier molecular flexibility index (Phi) is 5.43. The second kappa shape index (κ2) is 6.36. The highest BCUT2D eigenvalue weighted by atomic mass is 79.9. The normalized spacial score (nSPS) is 12.5. The third-order valence-corrected chi connectivity index (χ3v) is 2.74. The fraction of sp³-hybridized carbons (Fsp3) is 0.455. The molecule has 0 spiro atoms. The van der Waals surface area contributed by atoms with Crippen LogP contribution in [0.1, 0.15) is 12.5 Å². The Hall–Kier alpha value is -0.250. The molecule has 1 aromatic rings. The minimum Gasteiger partial charge on any atom is -0.488 e. The zero-order valence-corrected chi connectivity index (χ0v) is 11.1. The molecule has 1 rings (SSSR count). The van der Waals surface area contributed by atoms with Gasteiger partial charge in [0.25, 0.3) is 0 Å². The molecule has 0 amide bonds. The standard InChI is InChI=1S/C11H14BrClO2/c1-8(7-14-2)15-11-4-3-10(13)5-9(11)6-12/h3-5,8H,6-7H2,1-2H3. The third-order valence-electron chi connectivity index (χ3n) is 1.90. The maximum Gasteiger partial charge on any atom is 0.123 e. The van der Waals surface area contributed by atoms with Crippen LogP contribution in [0.2, 0.25) is 5.02 Å². The van der Waals surface area contributed by atoms with Gasteiger partial charge in [0.2, 0.25) is 0 Å². The topological polar surface area (TPSA) is 18.5 Å². The van der Waals surface area contributed by atoms with Crippen LogP contribution in [0.15, 0.2) is 18.2 Å². The molecule has 0 saturated heterocycles. The molecule has 0 aliphatic carbocycles. The largest absolute Gasteiger partial charge is 0.488 e. The fourth-order valence-electron chi connectivity index (χ4n) is 1.25. The second-order valence-electron chi connectivity index (χ2n) is 3.27. The van der Waals surface area contributed by atoms with E-state index < -0.39 is 0 Å². The number of hydrogen-bond acceptors (Lipinski definition) is 2. The second-order valence-corrected chi connectivity index (χ2v) is 4.27. The summed E-state index contributed by atoms with van der Waals surface area (Å²) in [5, 5.41) is 1.44. The highest BCUT2D eigenvalue weighted by Crippen LogP contribution is 2.25. The van der Waals surface area contributed by atoms with E-state index in [0.717, 1.165) is 21.7 Å². The van der Waals surface area contributed by atoms with Gasteiger partial charge in [-0.25, -0.2) is 0 Å². The predicted molar refractivity (Wildman–Crippen MR) is 66.0 cm³/mol. The minimum atomic E-state index is 0.0361. The smallest absolute Gasteiger partial charge is 0.123 e. The van der Waals surface area contributed by atoms with E-state index in [4.69, 9.17) is 21.1 Å². The Bertz CT molecular complexity index is 317. The molecule has 2 nitrogen and oxygen atoms in total. The molecule has 0 radical (unpaired) electrons. The van der Waals surface area contributed by atoms with Gasteiger partial charge in [-0.3, -0.25) is 0 Å². The van der Waals surface area contributed by atoms with Crippen LogP contribution in [-0.4, -0.2) is 19.8 Å². The van der Waals surface area contributed by atoms with Crippen LogP contribution in [0.5, 0.6) is 5.75 Å². The maximum absolute atomic E-state index is 5.89. The van der Waals surface area contributed by atoms with E-state index in [0.29, 0.717) is 6.61 Å². The van der Waals surface area contributed by atoms with Gasteiger partial charge in [0.15, 0.2) is 0 Å². The first-order valence-electron chi connectivity index (χ1n) is 4.67. The van der Waals surface area contributed by atoms with Crippen LogP contribution in [-0.2, 0) is 10.1 Å². The predicted octanol–water partition coefficient (Wildman–Crippen LogP) is 3.65. The van der Waals surface area contributed by atoms with Crippen LogP contribution >= 0.6 is 27.5 Å². The van der Waals surface area contributed by atoms with E-state index in [9.17, 15) is 0 Å². The Balaban J connectivity index is 2.75. The van der Waals surface area contributed by atoms with Crippen molar-refractivity contribution < 1.29 is 9.47 Å². The van der Waals surface area contributed by atoms with Crippen molar-refractivity contribution >= 4 is 27.5 Å². The summed E-state index contributed by atoms with van der Waals surface area (Å²) in [5.74, 6) is 0.848. The first kappa shape index (κ1) is 12.8. The molecule has 0 aliphatic heterocycles. The number of halogens is 2. The van der Waals surface area contributed by atoms with Gasteiger partial charge in [0, 0.05) is 23.0 Å². The molecule has 84 valence electrons. The molecular weight excluding hydrogens is 279 g/mol. The van der Waals surface area contributed by atoms with Crippen molar-refractivity contribution in [3.05, 3.63) is 28.8 Å². The summed E-state index contributed by atoms with van der Waals surface area (Å²) in [6.45, 7) is 2.54. The van der Waals surface area contributed by atoms with Crippen molar-refractivity contribution in [1.82, 2.24) is 0 Å². The molecular formula is C11H14BrClO2. The lowest BCUT2D eigenvalue weighted by atomic mass is 10.2. The lowest BCUT2D eigenvalue weighted by molar-refractivity contribution is 0.0916. The number of ether oxygens (including phenoxy) is 2. The first-order valence-corrected chi connectivity index (χ1v) is 6.17. The third kappa shape index (κ3) is 4.01. The molecule has 1 unspecified atom stereocenters. The molecule has 0 aliphatic rings. The zero-order chi connectivity index (χ0) is 11.3. The Morgan fingerprint density at radius 1 is 1.47 bits per heavy atom. The van der Waals surface area contributed by atoms with Crippen LogP contribution < -0.4 is 4.74 Å². The summed E-state index contributed by atoms with van der Waals surface area (Å²) in [5.41, 5.74) is 1.05. The minimum absolute atomic E-state index is 0.0361. The van der Waals surface area contributed by atoms with Gasteiger partial charge in [-0.15, -0.1) is 0 Å². The van der Waals surface area contributed by atoms with Gasteiger partial charge in [-0.1, -0.05) is 27.5 Å². The Morgan fingerprint density at radius 3 is 2.80 bits per heavy atom. The van der Waals surface area contributed by atoms with Crippen molar-refractivity contribution in [1.29, 1.82) is 0 Å². The van der Waals surface area contributed by atoms with Crippen molar-refractivity contribution in [3.8, 4) is 5.75 Å². The maximum atomic E-state index is 5.89. The van der Waals surface area contributed by atoms with Crippen molar-refractivity contribution in [2.24, 2.45) is 0 Å². The Labute approximate surface area is 104 Å². The van der Waals surface area contributed by atoms with Gasteiger partial charge < -0.3 is 9.47 Å². The van der Waals surface area contributed by atoms with Crippen molar-refractivity contribution in [2.75, 3.05) is 13.7 Å². The lowest BCUT2D eigenvalue weighted by Gasteiger charge is -2.16. The monoisotopic (exact) mass is 292 g/mol. The van der Waals surface area contributed by atoms with E-state index in [1.54, 1.807) is 7.11 Å². The SMILES string of the molecule is COCC(C)Oc1ccc(Cl)cc1CBr.